The van der Waals surface area contributed by atoms with E-state index in [0.29, 0.717) is 39.0 Å². The quantitative estimate of drug-likeness (QED) is 0.543. The van der Waals surface area contributed by atoms with Crippen molar-refractivity contribution >= 4 is 29.1 Å². The maximum absolute atomic E-state index is 11.8. The van der Waals surface area contributed by atoms with Gasteiger partial charge in [0, 0.05) is 29.7 Å². The molecule has 0 aromatic carbocycles. The van der Waals surface area contributed by atoms with Gasteiger partial charge in [0.2, 0.25) is 5.76 Å². The Bertz CT molecular complexity index is 1100. The van der Waals surface area contributed by atoms with E-state index in [-0.39, 0.29) is 11.5 Å². The average Bonchev–Trinajstić information content (AvgIpc) is 3.37. The lowest BCUT2D eigenvalue weighted by molar-refractivity contribution is 0.0992. The number of furan rings is 1. The number of rotatable bonds is 5. The van der Waals surface area contributed by atoms with Gasteiger partial charge in [-0.2, -0.15) is 5.10 Å². The molecular weight excluding hydrogens is 393 g/mol. The fraction of sp³-hybridized carbons (Fsp3) is 0.0588. The van der Waals surface area contributed by atoms with E-state index in [4.69, 9.17) is 37.9 Å². The van der Waals surface area contributed by atoms with Crippen LogP contribution in [0.2, 0.25) is 10.0 Å². The number of aromatic nitrogens is 4. The van der Waals surface area contributed by atoms with Gasteiger partial charge in [-0.1, -0.05) is 28.4 Å². The van der Waals surface area contributed by atoms with Crippen molar-refractivity contribution in [1.82, 2.24) is 19.9 Å². The number of carbonyl (C=O) groups excluding carboxylic acids is 1. The largest absolute Gasteiger partial charge is 0.461 e. The van der Waals surface area contributed by atoms with Gasteiger partial charge >= 0.3 is 0 Å². The number of halogens is 2. The summed E-state index contributed by atoms with van der Waals surface area (Å²) in [6.45, 7) is 0.313. The molecule has 4 heterocycles. The summed E-state index contributed by atoms with van der Waals surface area (Å²) in [7, 11) is 0. The van der Waals surface area contributed by atoms with Crippen LogP contribution in [0.5, 0.6) is 0 Å². The molecule has 4 rings (SSSR count). The SMILES string of the molecule is NC(=O)c1noc(-c2ccco2)c1-c1cnn(Cc2c(Cl)cncc2Cl)c1. The first-order chi connectivity index (χ1) is 13.0. The normalized spacial score (nSPS) is 11.0. The van der Waals surface area contributed by atoms with Gasteiger partial charge in [-0.25, -0.2) is 0 Å². The fourth-order valence-corrected chi connectivity index (χ4v) is 3.12. The number of nitrogens with two attached hydrogens (primary N) is 1. The first kappa shape index (κ1) is 17.3. The zero-order chi connectivity index (χ0) is 19.0. The molecule has 4 aromatic heterocycles. The Balaban J connectivity index is 1.76. The Labute approximate surface area is 162 Å². The van der Waals surface area contributed by atoms with Gasteiger partial charge in [0.25, 0.3) is 5.91 Å². The average molecular weight is 404 g/mol. The number of hydrogen-bond acceptors (Lipinski definition) is 6. The van der Waals surface area contributed by atoms with Crippen LogP contribution in [0, 0.1) is 0 Å². The Morgan fingerprint density at radius 1 is 1.22 bits per heavy atom. The lowest BCUT2D eigenvalue weighted by Gasteiger charge is -2.06. The van der Waals surface area contributed by atoms with E-state index >= 15 is 0 Å². The molecule has 0 fully saturated rings. The van der Waals surface area contributed by atoms with E-state index in [0.717, 1.165) is 0 Å². The number of primary amides is 1. The number of hydrogen-bond donors (Lipinski definition) is 1. The highest BCUT2D eigenvalue weighted by molar-refractivity contribution is 6.35. The smallest absolute Gasteiger partial charge is 0.271 e. The van der Waals surface area contributed by atoms with Crippen LogP contribution in [0.4, 0.5) is 0 Å². The highest BCUT2D eigenvalue weighted by Crippen LogP contribution is 2.35. The van der Waals surface area contributed by atoms with E-state index in [1.54, 1.807) is 29.2 Å². The number of nitrogens with zero attached hydrogens (tertiary/aromatic N) is 4. The van der Waals surface area contributed by atoms with E-state index in [2.05, 4.69) is 15.2 Å². The minimum atomic E-state index is -0.723. The maximum atomic E-state index is 11.8. The lowest BCUT2D eigenvalue weighted by Crippen LogP contribution is -2.12. The number of amides is 1. The van der Waals surface area contributed by atoms with Crippen molar-refractivity contribution in [3.05, 3.63) is 64.5 Å². The molecule has 1 amide bonds. The van der Waals surface area contributed by atoms with Crippen LogP contribution in [0.25, 0.3) is 22.6 Å². The van der Waals surface area contributed by atoms with Crippen LogP contribution in [0.3, 0.4) is 0 Å². The third-order valence-electron chi connectivity index (χ3n) is 3.86. The molecule has 0 aliphatic heterocycles. The summed E-state index contributed by atoms with van der Waals surface area (Å²) in [5.41, 5.74) is 7.07. The molecule has 0 saturated heterocycles. The summed E-state index contributed by atoms with van der Waals surface area (Å²) in [6.07, 6.45) is 7.77. The van der Waals surface area contributed by atoms with Crippen LogP contribution in [-0.2, 0) is 6.54 Å². The minimum Gasteiger partial charge on any atom is -0.461 e. The molecule has 0 aliphatic rings. The van der Waals surface area contributed by atoms with Gasteiger partial charge in [-0.05, 0) is 12.1 Å². The molecule has 2 N–H and O–H groups in total. The lowest BCUT2D eigenvalue weighted by atomic mass is 10.1. The summed E-state index contributed by atoms with van der Waals surface area (Å²) >= 11 is 12.3. The molecule has 0 atom stereocenters. The molecule has 0 unspecified atom stereocenters. The van der Waals surface area contributed by atoms with Crippen molar-refractivity contribution in [2.75, 3.05) is 0 Å². The van der Waals surface area contributed by atoms with Crippen LogP contribution >= 0.6 is 23.2 Å². The molecule has 27 heavy (non-hydrogen) atoms. The van der Waals surface area contributed by atoms with Gasteiger partial charge in [-0.15, -0.1) is 0 Å². The third kappa shape index (κ3) is 3.20. The van der Waals surface area contributed by atoms with Crippen LogP contribution in [0.1, 0.15) is 16.1 Å². The van der Waals surface area contributed by atoms with Crippen molar-refractivity contribution in [1.29, 1.82) is 0 Å². The molecule has 0 aliphatic carbocycles. The zero-order valence-electron chi connectivity index (χ0n) is 13.6. The second kappa shape index (κ2) is 6.90. The minimum absolute atomic E-state index is 0.0130. The first-order valence-electron chi connectivity index (χ1n) is 7.68. The second-order valence-corrected chi connectivity index (χ2v) is 6.40. The molecule has 136 valence electrons. The topological polar surface area (TPSA) is 113 Å². The van der Waals surface area contributed by atoms with Crippen molar-refractivity contribution < 1.29 is 13.7 Å². The number of pyridine rings is 1. The first-order valence-corrected chi connectivity index (χ1v) is 8.44. The van der Waals surface area contributed by atoms with Crippen LogP contribution in [0.15, 0.2) is 52.1 Å². The van der Waals surface area contributed by atoms with Gasteiger partial charge in [0.15, 0.2) is 11.5 Å². The molecule has 0 bridgehead atoms. The second-order valence-electron chi connectivity index (χ2n) is 5.59. The van der Waals surface area contributed by atoms with Crippen molar-refractivity contribution in [3.8, 4) is 22.6 Å². The highest BCUT2D eigenvalue weighted by Gasteiger charge is 2.25. The molecule has 10 heteroatoms. The zero-order valence-corrected chi connectivity index (χ0v) is 15.1. The van der Waals surface area contributed by atoms with Gasteiger partial charge in [0.05, 0.1) is 34.6 Å². The maximum Gasteiger partial charge on any atom is 0.271 e. The molecule has 0 radical (unpaired) electrons. The molecule has 0 spiro atoms. The monoisotopic (exact) mass is 403 g/mol. The molecular formula is C17H11Cl2N5O3. The van der Waals surface area contributed by atoms with E-state index < -0.39 is 5.91 Å². The Kier molecular flexibility index (Phi) is 4.43. The van der Waals surface area contributed by atoms with Crippen molar-refractivity contribution in [3.63, 3.8) is 0 Å². The van der Waals surface area contributed by atoms with E-state index in [1.165, 1.54) is 18.7 Å². The summed E-state index contributed by atoms with van der Waals surface area (Å²) in [6, 6.07) is 3.39. The highest BCUT2D eigenvalue weighted by atomic mass is 35.5. The Morgan fingerprint density at radius 2 is 2.00 bits per heavy atom. The van der Waals surface area contributed by atoms with Crippen molar-refractivity contribution in [2.45, 2.75) is 6.54 Å². The van der Waals surface area contributed by atoms with Gasteiger partial charge in [0.1, 0.15) is 0 Å². The predicted molar refractivity (Wildman–Crippen MR) is 97.3 cm³/mol. The predicted octanol–water partition coefficient (Wildman–Crippen LogP) is 3.65. The number of carbonyl (C=O) groups is 1. The molecule has 0 saturated carbocycles. The summed E-state index contributed by atoms with van der Waals surface area (Å²) in [5, 5.41) is 8.93. The standard InChI is InChI=1S/C17H11Cl2N5O3/c18-11-5-21-6-12(19)10(11)8-24-7-9(4-22-24)14-15(17(20)25)23-27-16(14)13-2-1-3-26-13/h1-7H,8H2,(H2,20,25). The summed E-state index contributed by atoms with van der Waals surface area (Å²) in [4.78, 5) is 15.7. The third-order valence-corrected chi connectivity index (χ3v) is 4.52. The molecule has 4 aromatic rings. The Hall–Kier alpha value is -3.10. The molecule has 8 nitrogen and oxygen atoms in total. The fourth-order valence-electron chi connectivity index (χ4n) is 2.63. The summed E-state index contributed by atoms with van der Waals surface area (Å²) in [5.74, 6) is -0.0224. The van der Waals surface area contributed by atoms with Crippen LogP contribution in [-0.4, -0.2) is 25.8 Å². The Morgan fingerprint density at radius 3 is 2.67 bits per heavy atom. The van der Waals surface area contributed by atoms with E-state index in [9.17, 15) is 4.79 Å². The summed E-state index contributed by atoms with van der Waals surface area (Å²) < 4.78 is 12.3. The van der Waals surface area contributed by atoms with Gasteiger partial charge < -0.3 is 14.7 Å². The van der Waals surface area contributed by atoms with Gasteiger partial charge in [-0.3, -0.25) is 14.5 Å². The van der Waals surface area contributed by atoms with Crippen molar-refractivity contribution in [2.24, 2.45) is 5.73 Å². The van der Waals surface area contributed by atoms with E-state index in [1.807, 2.05) is 0 Å². The van der Waals surface area contributed by atoms with Crippen LogP contribution < -0.4 is 5.73 Å².